The van der Waals surface area contributed by atoms with Crippen molar-refractivity contribution in [2.45, 2.75) is 52.5 Å². The van der Waals surface area contributed by atoms with Crippen molar-refractivity contribution in [1.82, 2.24) is 15.3 Å². The lowest BCUT2D eigenvalue weighted by molar-refractivity contribution is 0.509. The number of aromatic nitrogens is 2. The minimum atomic E-state index is 0.0178. The lowest BCUT2D eigenvalue weighted by Crippen LogP contribution is -2.25. The smallest absolute Gasteiger partial charge is 0.259 e. The van der Waals surface area contributed by atoms with Gasteiger partial charge >= 0.3 is 0 Å². The summed E-state index contributed by atoms with van der Waals surface area (Å²) < 4.78 is 0. The molecule has 0 amide bonds. The zero-order valence-electron chi connectivity index (χ0n) is 16.3. The second-order valence-corrected chi connectivity index (χ2v) is 8.92. The molecule has 2 atom stereocenters. The summed E-state index contributed by atoms with van der Waals surface area (Å²) >= 11 is 1.71. The van der Waals surface area contributed by atoms with Gasteiger partial charge in [0, 0.05) is 4.88 Å². The largest absolute Gasteiger partial charge is 0.309 e. The van der Waals surface area contributed by atoms with Gasteiger partial charge in [-0.1, -0.05) is 31.2 Å². The molecule has 1 aliphatic rings. The third-order valence-electron chi connectivity index (χ3n) is 5.70. The van der Waals surface area contributed by atoms with Gasteiger partial charge in [0.25, 0.3) is 5.56 Å². The van der Waals surface area contributed by atoms with E-state index >= 15 is 0 Å². The summed E-state index contributed by atoms with van der Waals surface area (Å²) in [6.07, 6.45) is 4.21. The minimum Gasteiger partial charge on any atom is -0.309 e. The van der Waals surface area contributed by atoms with Gasteiger partial charge in [0.1, 0.15) is 10.7 Å². The van der Waals surface area contributed by atoms with E-state index in [-0.39, 0.29) is 11.6 Å². The molecule has 27 heavy (non-hydrogen) atoms. The molecule has 142 valence electrons. The van der Waals surface area contributed by atoms with Crippen molar-refractivity contribution >= 4 is 21.6 Å². The summed E-state index contributed by atoms with van der Waals surface area (Å²) in [7, 11) is 0. The van der Waals surface area contributed by atoms with Crippen molar-refractivity contribution in [2.75, 3.05) is 6.54 Å². The highest BCUT2D eigenvalue weighted by atomic mass is 32.1. The van der Waals surface area contributed by atoms with E-state index < -0.39 is 0 Å². The second kappa shape index (κ2) is 7.56. The van der Waals surface area contributed by atoms with Crippen molar-refractivity contribution in [3.05, 3.63) is 62.0 Å². The number of aryl methyl sites for hydroxylation is 2. The number of benzene rings is 1. The van der Waals surface area contributed by atoms with Crippen LogP contribution in [0.1, 0.15) is 53.7 Å². The lowest BCUT2D eigenvalue weighted by Gasteiger charge is -2.17. The topological polar surface area (TPSA) is 57.8 Å². The molecular formula is C22H27N3OS. The first-order valence-electron chi connectivity index (χ1n) is 9.85. The Morgan fingerprint density at radius 1 is 1.37 bits per heavy atom. The second-order valence-electron chi connectivity index (χ2n) is 7.84. The molecule has 1 aromatic carbocycles. The molecule has 5 heteroatoms. The van der Waals surface area contributed by atoms with Gasteiger partial charge in [-0.2, -0.15) is 0 Å². The number of aromatic amines is 1. The third-order valence-corrected chi connectivity index (χ3v) is 6.85. The van der Waals surface area contributed by atoms with E-state index in [9.17, 15) is 4.79 Å². The maximum atomic E-state index is 12.7. The number of hydrogen-bond acceptors (Lipinski definition) is 4. The van der Waals surface area contributed by atoms with E-state index in [0.29, 0.717) is 5.92 Å². The van der Waals surface area contributed by atoms with Crippen LogP contribution >= 0.6 is 11.3 Å². The van der Waals surface area contributed by atoms with Gasteiger partial charge in [-0.15, -0.1) is 11.3 Å². The average molecular weight is 382 g/mol. The zero-order chi connectivity index (χ0) is 19.0. The Balaban J connectivity index is 1.51. The molecule has 2 aromatic heterocycles. The molecule has 0 aliphatic heterocycles. The van der Waals surface area contributed by atoms with Crippen molar-refractivity contribution in [2.24, 2.45) is 5.92 Å². The standard InChI is InChI=1S/C22H27N3OS/c1-13-8-9-17-18(12-13)27-22-19(17)21(26)24-20(25-22)15(3)23-11-10-16-7-5-4-6-14(16)2/h4-7,13,15,23H,8-12H2,1-3H3,(H,24,25,26)/t13-,15+/m0/s1. The molecule has 2 heterocycles. The monoisotopic (exact) mass is 381 g/mol. The van der Waals surface area contributed by atoms with Crippen LogP contribution in [0.3, 0.4) is 0 Å². The first-order chi connectivity index (χ1) is 13.0. The fourth-order valence-electron chi connectivity index (χ4n) is 3.98. The number of nitrogens with one attached hydrogen (secondary N) is 2. The Morgan fingerprint density at radius 3 is 3.00 bits per heavy atom. The average Bonchev–Trinajstić information content (AvgIpc) is 3.01. The summed E-state index contributed by atoms with van der Waals surface area (Å²) in [6.45, 7) is 7.35. The van der Waals surface area contributed by atoms with Gasteiger partial charge in [-0.05, 0) is 68.7 Å². The summed E-state index contributed by atoms with van der Waals surface area (Å²) in [5.41, 5.74) is 3.94. The van der Waals surface area contributed by atoms with E-state index in [4.69, 9.17) is 4.98 Å². The summed E-state index contributed by atoms with van der Waals surface area (Å²) in [4.78, 5) is 22.8. The number of H-pyrrole nitrogens is 1. The van der Waals surface area contributed by atoms with Crippen LogP contribution in [-0.4, -0.2) is 16.5 Å². The van der Waals surface area contributed by atoms with Crippen molar-refractivity contribution in [1.29, 1.82) is 0 Å². The summed E-state index contributed by atoms with van der Waals surface area (Å²) in [5.74, 6) is 1.44. The van der Waals surface area contributed by atoms with Gasteiger partial charge < -0.3 is 10.3 Å². The van der Waals surface area contributed by atoms with E-state index in [1.165, 1.54) is 21.6 Å². The quantitative estimate of drug-likeness (QED) is 0.692. The molecule has 0 bridgehead atoms. The van der Waals surface area contributed by atoms with Gasteiger partial charge in [0.05, 0.1) is 11.4 Å². The van der Waals surface area contributed by atoms with Gasteiger partial charge in [0.2, 0.25) is 0 Å². The number of nitrogens with zero attached hydrogens (tertiary/aromatic N) is 1. The van der Waals surface area contributed by atoms with E-state index in [1.54, 1.807) is 11.3 Å². The van der Waals surface area contributed by atoms with Crippen LogP contribution in [0.15, 0.2) is 29.1 Å². The minimum absolute atomic E-state index is 0.0178. The van der Waals surface area contributed by atoms with Crippen LogP contribution in [-0.2, 0) is 19.3 Å². The van der Waals surface area contributed by atoms with Gasteiger partial charge in [-0.3, -0.25) is 4.79 Å². The van der Waals surface area contributed by atoms with Gasteiger partial charge in [0.15, 0.2) is 0 Å². The van der Waals surface area contributed by atoms with Crippen LogP contribution in [0.2, 0.25) is 0 Å². The fraction of sp³-hybridized carbons (Fsp3) is 0.455. The maximum absolute atomic E-state index is 12.7. The Hall–Kier alpha value is -1.98. The Kier molecular flexibility index (Phi) is 5.15. The van der Waals surface area contributed by atoms with Gasteiger partial charge in [-0.25, -0.2) is 4.98 Å². The molecule has 4 nitrogen and oxygen atoms in total. The number of fused-ring (bicyclic) bond motifs is 3. The Morgan fingerprint density at radius 2 is 2.19 bits per heavy atom. The van der Waals surface area contributed by atoms with E-state index in [2.05, 4.69) is 55.3 Å². The van der Waals surface area contributed by atoms with Crippen molar-refractivity contribution < 1.29 is 0 Å². The first-order valence-corrected chi connectivity index (χ1v) is 10.7. The van der Waals surface area contributed by atoms with E-state index in [0.717, 1.165) is 48.3 Å². The molecule has 0 saturated carbocycles. The fourth-order valence-corrected chi connectivity index (χ4v) is 5.37. The highest BCUT2D eigenvalue weighted by Gasteiger charge is 2.23. The van der Waals surface area contributed by atoms with Crippen molar-refractivity contribution in [3.8, 4) is 0 Å². The predicted molar refractivity (Wildman–Crippen MR) is 113 cm³/mol. The van der Waals surface area contributed by atoms with E-state index in [1.807, 2.05) is 0 Å². The Labute approximate surface area is 164 Å². The molecule has 0 unspecified atom stereocenters. The Bertz CT molecular complexity index is 1020. The number of rotatable bonds is 5. The van der Waals surface area contributed by atoms with Crippen molar-refractivity contribution in [3.63, 3.8) is 0 Å². The molecule has 0 radical (unpaired) electrons. The van der Waals surface area contributed by atoms with Crippen LogP contribution < -0.4 is 10.9 Å². The zero-order valence-corrected chi connectivity index (χ0v) is 17.1. The molecule has 0 saturated heterocycles. The molecule has 2 N–H and O–H groups in total. The van der Waals surface area contributed by atoms with Crippen LogP contribution in [0.25, 0.3) is 10.2 Å². The number of hydrogen-bond donors (Lipinski definition) is 2. The molecular weight excluding hydrogens is 354 g/mol. The lowest BCUT2D eigenvalue weighted by atomic mass is 9.89. The highest BCUT2D eigenvalue weighted by Crippen LogP contribution is 2.35. The number of thiophene rings is 1. The molecule has 0 fully saturated rings. The normalized spacial score (nSPS) is 17.8. The predicted octanol–water partition coefficient (Wildman–Crippen LogP) is 4.31. The maximum Gasteiger partial charge on any atom is 0.259 e. The SMILES string of the molecule is Cc1ccccc1CCN[C@H](C)c1nc2sc3c(c2c(=O)[nH]1)CC[C@H](C)C3. The summed E-state index contributed by atoms with van der Waals surface area (Å²) in [6, 6.07) is 8.48. The summed E-state index contributed by atoms with van der Waals surface area (Å²) in [5, 5.41) is 4.34. The first kappa shape index (κ1) is 18.4. The van der Waals surface area contributed by atoms with Crippen LogP contribution in [0, 0.1) is 12.8 Å². The third kappa shape index (κ3) is 3.71. The van der Waals surface area contributed by atoms with Crippen LogP contribution in [0.4, 0.5) is 0 Å². The molecule has 3 aromatic rings. The molecule has 0 spiro atoms. The highest BCUT2D eigenvalue weighted by molar-refractivity contribution is 7.18. The van der Waals surface area contributed by atoms with Crippen LogP contribution in [0.5, 0.6) is 0 Å². The molecule has 4 rings (SSSR count). The molecule has 1 aliphatic carbocycles.